The van der Waals surface area contributed by atoms with Crippen LogP contribution in [0.3, 0.4) is 0 Å². The SMILES string of the molecule is COc1cc(C=C2C(=O)N(CCC#N)N=C2c2ccccc2)cc(I)c1OCc1ccccc1Cl. The third-order valence-electron chi connectivity index (χ3n) is 5.32. The van der Waals surface area contributed by atoms with Crippen molar-refractivity contribution in [1.29, 1.82) is 5.26 Å². The van der Waals surface area contributed by atoms with Crippen molar-refractivity contribution < 1.29 is 14.3 Å². The molecule has 176 valence electrons. The summed E-state index contributed by atoms with van der Waals surface area (Å²) >= 11 is 8.45. The second-order valence-electron chi connectivity index (χ2n) is 7.62. The fraction of sp³-hybridized carbons (Fsp3) is 0.148. The van der Waals surface area contributed by atoms with Crippen LogP contribution in [-0.2, 0) is 11.4 Å². The molecule has 0 spiro atoms. The molecule has 0 atom stereocenters. The van der Waals surface area contributed by atoms with Crippen molar-refractivity contribution in [2.45, 2.75) is 13.0 Å². The van der Waals surface area contributed by atoms with E-state index in [0.717, 1.165) is 20.3 Å². The summed E-state index contributed by atoms with van der Waals surface area (Å²) in [5.74, 6) is 0.897. The van der Waals surface area contributed by atoms with E-state index in [1.165, 1.54) is 5.01 Å². The van der Waals surface area contributed by atoms with Crippen LogP contribution in [0.5, 0.6) is 11.5 Å². The number of nitrogens with zero attached hydrogens (tertiary/aromatic N) is 3. The van der Waals surface area contributed by atoms with Crippen LogP contribution >= 0.6 is 34.2 Å². The fourth-order valence-electron chi connectivity index (χ4n) is 3.60. The number of hydrogen-bond acceptors (Lipinski definition) is 5. The third-order valence-corrected chi connectivity index (χ3v) is 6.49. The number of halogens is 2. The van der Waals surface area contributed by atoms with E-state index in [1.807, 2.05) is 66.7 Å². The normalized spacial score (nSPS) is 14.1. The van der Waals surface area contributed by atoms with Crippen LogP contribution in [0, 0.1) is 14.9 Å². The van der Waals surface area contributed by atoms with Gasteiger partial charge in [-0.1, -0.05) is 60.1 Å². The van der Waals surface area contributed by atoms with Crippen molar-refractivity contribution >= 4 is 51.9 Å². The molecule has 0 N–H and O–H groups in total. The molecule has 0 radical (unpaired) electrons. The molecule has 1 amide bonds. The maximum atomic E-state index is 13.2. The van der Waals surface area contributed by atoms with Gasteiger partial charge < -0.3 is 9.47 Å². The maximum Gasteiger partial charge on any atom is 0.276 e. The Bertz CT molecular complexity index is 1350. The monoisotopic (exact) mass is 597 g/mol. The van der Waals surface area contributed by atoms with Crippen molar-refractivity contribution in [2.75, 3.05) is 13.7 Å². The summed E-state index contributed by atoms with van der Waals surface area (Å²) in [5, 5.41) is 15.5. The fourth-order valence-corrected chi connectivity index (χ4v) is 4.57. The molecule has 0 saturated heterocycles. The molecule has 3 aromatic rings. The summed E-state index contributed by atoms with van der Waals surface area (Å²) in [6, 6.07) is 22.8. The minimum Gasteiger partial charge on any atom is -0.493 e. The van der Waals surface area contributed by atoms with Gasteiger partial charge in [-0.15, -0.1) is 0 Å². The summed E-state index contributed by atoms with van der Waals surface area (Å²) in [7, 11) is 1.58. The van der Waals surface area contributed by atoms with E-state index in [4.69, 9.17) is 26.3 Å². The molecular formula is C27H21ClIN3O3. The van der Waals surface area contributed by atoms with Crippen molar-refractivity contribution in [2.24, 2.45) is 5.10 Å². The average Bonchev–Trinajstić information content (AvgIpc) is 3.18. The van der Waals surface area contributed by atoms with Gasteiger partial charge in [0.05, 0.1) is 35.3 Å². The highest BCUT2D eigenvalue weighted by Gasteiger charge is 2.30. The van der Waals surface area contributed by atoms with Crippen LogP contribution in [0.15, 0.2) is 77.4 Å². The zero-order valence-electron chi connectivity index (χ0n) is 18.9. The van der Waals surface area contributed by atoms with Crippen LogP contribution in [-0.4, -0.2) is 30.3 Å². The molecule has 0 bridgehead atoms. The second-order valence-corrected chi connectivity index (χ2v) is 9.19. The molecule has 4 rings (SSSR count). The Morgan fingerprint density at radius 3 is 2.60 bits per heavy atom. The minimum atomic E-state index is -0.243. The maximum absolute atomic E-state index is 13.2. The summed E-state index contributed by atoms with van der Waals surface area (Å²) in [5.41, 5.74) is 3.49. The van der Waals surface area contributed by atoms with Crippen LogP contribution in [0.25, 0.3) is 6.08 Å². The summed E-state index contributed by atoms with van der Waals surface area (Å²) in [4.78, 5) is 13.2. The van der Waals surface area contributed by atoms with Crippen LogP contribution in [0.2, 0.25) is 5.02 Å². The van der Waals surface area contributed by atoms with Gasteiger partial charge in [-0.3, -0.25) is 4.79 Å². The zero-order chi connectivity index (χ0) is 24.8. The molecule has 0 aliphatic carbocycles. The topological polar surface area (TPSA) is 74.9 Å². The minimum absolute atomic E-state index is 0.202. The van der Waals surface area contributed by atoms with E-state index in [0.29, 0.717) is 34.4 Å². The number of rotatable bonds is 8. The van der Waals surface area contributed by atoms with Gasteiger partial charge in [-0.05, 0) is 52.4 Å². The number of amides is 1. The van der Waals surface area contributed by atoms with Crippen LogP contribution in [0.4, 0.5) is 0 Å². The lowest BCUT2D eigenvalue weighted by Crippen LogP contribution is -2.23. The molecule has 1 aliphatic rings. The molecule has 0 saturated carbocycles. The Hall–Kier alpha value is -3.35. The van der Waals surface area contributed by atoms with Gasteiger partial charge in [-0.25, -0.2) is 5.01 Å². The molecule has 0 fully saturated rings. The van der Waals surface area contributed by atoms with Crippen molar-refractivity contribution in [3.8, 4) is 17.6 Å². The molecule has 1 aliphatic heterocycles. The van der Waals surface area contributed by atoms with Gasteiger partial charge >= 0.3 is 0 Å². The highest BCUT2D eigenvalue weighted by atomic mass is 127. The highest BCUT2D eigenvalue weighted by Crippen LogP contribution is 2.36. The van der Waals surface area contributed by atoms with Gasteiger partial charge in [0.25, 0.3) is 5.91 Å². The van der Waals surface area contributed by atoms with Crippen molar-refractivity contribution in [3.05, 3.63) is 97.6 Å². The predicted octanol–water partition coefficient (Wildman–Crippen LogP) is 6.08. The second kappa shape index (κ2) is 11.4. The lowest BCUT2D eigenvalue weighted by Gasteiger charge is -2.14. The number of hydrogen-bond donors (Lipinski definition) is 0. The standard InChI is InChI=1S/C27H21ClIN3O3/c1-34-24-16-18(15-23(29)26(24)35-17-20-10-5-6-11-22(20)28)14-21-25(19-8-3-2-4-9-19)31-32(27(21)33)13-7-12-30/h2-6,8-11,14-16H,7,13,17H2,1H3. The number of nitriles is 1. The van der Waals surface area contributed by atoms with Crippen LogP contribution < -0.4 is 9.47 Å². The van der Waals surface area contributed by atoms with Crippen molar-refractivity contribution in [1.82, 2.24) is 5.01 Å². The first-order valence-corrected chi connectivity index (χ1v) is 12.3. The summed E-state index contributed by atoms with van der Waals surface area (Å²) < 4.78 is 12.5. The Morgan fingerprint density at radius 2 is 1.89 bits per heavy atom. The van der Waals surface area contributed by atoms with Crippen LogP contribution in [0.1, 0.15) is 23.1 Å². The molecular weight excluding hydrogens is 577 g/mol. The Kier molecular flexibility index (Phi) is 8.06. The average molecular weight is 598 g/mol. The first-order chi connectivity index (χ1) is 17.0. The third kappa shape index (κ3) is 5.66. The van der Waals surface area contributed by atoms with E-state index in [9.17, 15) is 4.79 Å². The Balaban J connectivity index is 1.67. The molecule has 8 heteroatoms. The Labute approximate surface area is 222 Å². The lowest BCUT2D eigenvalue weighted by molar-refractivity contribution is -0.125. The van der Waals surface area contributed by atoms with E-state index in [-0.39, 0.29) is 18.9 Å². The number of carbonyl (C=O) groups is 1. The Morgan fingerprint density at radius 1 is 1.14 bits per heavy atom. The van der Waals surface area contributed by atoms with E-state index < -0.39 is 0 Å². The number of hydrazone groups is 1. The van der Waals surface area contributed by atoms with E-state index in [1.54, 1.807) is 13.2 Å². The molecule has 35 heavy (non-hydrogen) atoms. The van der Waals surface area contributed by atoms with Gasteiger partial charge in [0, 0.05) is 16.1 Å². The molecule has 1 heterocycles. The predicted molar refractivity (Wildman–Crippen MR) is 144 cm³/mol. The van der Waals surface area contributed by atoms with E-state index in [2.05, 4.69) is 33.8 Å². The summed E-state index contributed by atoms with van der Waals surface area (Å²) in [6.07, 6.45) is 2.00. The van der Waals surface area contributed by atoms with Crippen molar-refractivity contribution in [3.63, 3.8) is 0 Å². The molecule has 0 unspecified atom stereocenters. The van der Waals surface area contributed by atoms with Gasteiger partial charge in [0.15, 0.2) is 11.5 Å². The number of ether oxygens (including phenoxy) is 2. The largest absolute Gasteiger partial charge is 0.493 e. The zero-order valence-corrected chi connectivity index (χ0v) is 21.8. The van der Waals surface area contributed by atoms with Gasteiger partial charge in [0.1, 0.15) is 12.3 Å². The first kappa shape index (κ1) is 24.8. The van der Waals surface area contributed by atoms with Gasteiger partial charge in [-0.2, -0.15) is 10.4 Å². The first-order valence-electron chi connectivity index (χ1n) is 10.8. The lowest BCUT2D eigenvalue weighted by atomic mass is 10.00. The molecule has 3 aromatic carbocycles. The number of carbonyl (C=O) groups excluding carboxylic acids is 1. The van der Waals surface area contributed by atoms with E-state index >= 15 is 0 Å². The number of benzene rings is 3. The quantitative estimate of drug-likeness (QED) is 0.233. The molecule has 0 aromatic heterocycles. The highest BCUT2D eigenvalue weighted by molar-refractivity contribution is 14.1. The van der Waals surface area contributed by atoms with Gasteiger partial charge in [0.2, 0.25) is 0 Å². The number of methoxy groups -OCH3 is 1. The summed E-state index contributed by atoms with van der Waals surface area (Å²) in [6.45, 7) is 0.530. The molecule has 6 nitrogen and oxygen atoms in total. The smallest absolute Gasteiger partial charge is 0.276 e.